The van der Waals surface area contributed by atoms with Crippen LogP contribution in [0.3, 0.4) is 0 Å². The molecule has 1 saturated heterocycles. The molecule has 0 spiro atoms. The number of hydrogen-bond donors (Lipinski definition) is 3. The summed E-state index contributed by atoms with van der Waals surface area (Å²) in [7, 11) is 0. The van der Waals surface area contributed by atoms with E-state index in [1.165, 1.54) is 0 Å². The molecule has 0 saturated carbocycles. The summed E-state index contributed by atoms with van der Waals surface area (Å²) < 4.78 is 0. The minimum atomic E-state index is -0.934. The first kappa shape index (κ1) is 16.3. The fourth-order valence-electron chi connectivity index (χ4n) is 2.26. The molecule has 7 nitrogen and oxygen atoms in total. The van der Waals surface area contributed by atoms with Crippen molar-refractivity contribution in [3.8, 4) is 0 Å². The summed E-state index contributed by atoms with van der Waals surface area (Å²) in [6.45, 7) is 4.68. The summed E-state index contributed by atoms with van der Waals surface area (Å²) in [5.41, 5.74) is 5.24. The molecule has 20 heavy (non-hydrogen) atoms. The number of primary amides is 1. The van der Waals surface area contributed by atoms with E-state index in [4.69, 9.17) is 10.8 Å². The number of carboxylic acids is 1. The van der Waals surface area contributed by atoms with Crippen molar-refractivity contribution in [1.29, 1.82) is 0 Å². The van der Waals surface area contributed by atoms with Crippen LogP contribution in [0.5, 0.6) is 0 Å². The second-order valence-corrected chi connectivity index (χ2v) is 5.56. The van der Waals surface area contributed by atoms with Gasteiger partial charge in [-0.3, -0.25) is 9.59 Å². The first-order chi connectivity index (χ1) is 9.31. The number of carboxylic acid groups (broad SMARTS) is 1. The monoisotopic (exact) mass is 285 g/mol. The number of aliphatic carboxylic acids is 1. The molecule has 7 heteroatoms. The van der Waals surface area contributed by atoms with Gasteiger partial charge in [-0.25, -0.2) is 4.79 Å². The van der Waals surface area contributed by atoms with E-state index in [2.05, 4.69) is 5.32 Å². The molecule has 1 aliphatic rings. The summed E-state index contributed by atoms with van der Waals surface area (Å²) in [5.74, 6) is -1.38. The van der Waals surface area contributed by atoms with Gasteiger partial charge in [0.05, 0.1) is 6.42 Å². The molecule has 0 bridgehead atoms. The van der Waals surface area contributed by atoms with Crippen LogP contribution in [0.1, 0.15) is 33.1 Å². The van der Waals surface area contributed by atoms with Gasteiger partial charge >= 0.3 is 12.0 Å². The van der Waals surface area contributed by atoms with Crippen molar-refractivity contribution in [2.24, 2.45) is 17.6 Å². The van der Waals surface area contributed by atoms with Gasteiger partial charge in [0.2, 0.25) is 5.91 Å². The van der Waals surface area contributed by atoms with E-state index in [0.29, 0.717) is 25.9 Å². The number of carbonyl (C=O) groups excluding carboxylic acids is 2. The molecule has 1 rings (SSSR count). The molecule has 1 atom stereocenters. The van der Waals surface area contributed by atoms with E-state index in [1.54, 1.807) is 4.90 Å². The van der Waals surface area contributed by atoms with Crippen molar-refractivity contribution >= 4 is 17.9 Å². The lowest BCUT2D eigenvalue weighted by Crippen LogP contribution is -2.50. The van der Waals surface area contributed by atoms with E-state index in [9.17, 15) is 14.4 Å². The second kappa shape index (κ2) is 7.12. The number of carbonyl (C=O) groups is 3. The maximum atomic E-state index is 12.1. The molecule has 4 N–H and O–H groups in total. The van der Waals surface area contributed by atoms with E-state index in [1.807, 2.05) is 13.8 Å². The molecule has 1 aliphatic heterocycles. The lowest BCUT2D eigenvalue weighted by molar-refractivity contribution is -0.137. The van der Waals surface area contributed by atoms with Gasteiger partial charge in [0.1, 0.15) is 0 Å². The third kappa shape index (κ3) is 4.71. The Labute approximate surface area is 118 Å². The maximum absolute atomic E-state index is 12.1. The van der Waals surface area contributed by atoms with Crippen LogP contribution in [-0.2, 0) is 9.59 Å². The van der Waals surface area contributed by atoms with Crippen LogP contribution < -0.4 is 11.1 Å². The van der Waals surface area contributed by atoms with Gasteiger partial charge in [-0.2, -0.15) is 0 Å². The molecule has 3 amide bonds. The lowest BCUT2D eigenvalue weighted by atomic mass is 9.96. The summed E-state index contributed by atoms with van der Waals surface area (Å²) in [5, 5.41) is 11.6. The van der Waals surface area contributed by atoms with Gasteiger partial charge < -0.3 is 21.1 Å². The highest BCUT2D eigenvalue weighted by atomic mass is 16.4. The predicted octanol–water partition coefficient (Wildman–Crippen LogP) is 0.393. The Morgan fingerprint density at radius 3 is 2.25 bits per heavy atom. The van der Waals surface area contributed by atoms with Crippen molar-refractivity contribution in [3.05, 3.63) is 0 Å². The van der Waals surface area contributed by atoms with Crippen LogP contribution in [0.15, 0.2) is 0 Å². The molecule has 0 aromatic rings. The zero-order valence-electron chi connectivity index (χ0n) is 12.0. The number of nitrogens with two attached hydrogens (primary N) is 1. The van der Waals surface area contributed by atoms with Crippen molar-refractivity contribution in [2.75, 3.05) is 13.1 Å². The Balaban J connectivity index is 2.49. The highest BCUT2D eigenvalue weighted by Crippen LogP contribution is 2.17. The highest BCUT2D eigenvalue weighted by Gasteiger charge is 2.28. The molecule has 0 aromatic heterocycles. The van der Waals surface area contributed by atoms with Crippen LogP contribution in [0.4, 0.5) is 4.79 Å². The molecule has 0 aromatic carbocycles. The molecule has 114 valence electrons. The van der Waals surface area contributed by atoms with Crippen molar-refractivity contribution in [1.82, 2.24) is 10.2 Å². The standard InChI is InChI=1S/C13H23N3O4/c1-8(2)10(7-11(17)18)15-13(20)16-5-3-9(4-6-16)12(14)19/h8-10H,3-7H2,1-2H3,(H2,14,19)(H,15,20)(H,17,18). The first-order valence-electron chi connectivity index (χ1n) is 6.87. The van der Waals surface area contributed by atoms with Crippen molar-refractivity contribution in [2.45, 2.75) is 39.2 Å². The van der Waals surface area contributed by atoms with E-state index in [-0.39, 0.29) is 30.2 Å². The second-order valence-electron chi connectivity index (χ2n) is 5.56. The smallest absolute Gasteiger partial charge is 0.317 e. The zero-order chi connectivity index (χ0) is 15.3. The Bertz CT molecular complexity index is 376. The molecular weight excluding hydrogens is 262 g/mol. The number of nitrogens with zero attached hydrogens (tertiary/aromatic N) is 1. The van der Waals surface area contributed by atoms with Gasteiger partial charge in [0, 0.05) is 25.0 Å². The summed E-state index contributed by atoms with van der Waals surface area (Å²) >= 11 is 0. The first-order valence-corrected chi connectivity index (χ1v) is 6.87. The molecule has 0 aliphatic carbocycles. The van der Waals surface area contributed by atoms with Crippen LogP contribution in [0.2, 0.25) is 0 Å². The molecule has 1 heterocycles. The predicted molar refractivity (Wildman–Crippen MR) is 72.9 cm³/mol. The number of amides is 3. The van der Waals surface area contributed by atoms with Crippen molar-refractivity contribution in [3.63, 3.8) is 0 Å². The topological polar surface area (TPSA) is 113 Å². The van der Waals surface area contributed by atoms with Crippen LogP contribution in [0.25, 0.3) is 0 Å². The van der Waals surface area contributed by atoms with Gasteiger partial charge in [0.25, 0.3) is 0 Å². The Kier molecular flexibility index (Phi) is 5.79. The third-order valence-electron chi connectivity index (χ3n) is 3.69. The van der Waals surface area contributed by atoms with Gasteiger partial charge in [-0.15, -0.1) is 0 Å². The minimum absolute atomic E-state index is 0.0400. The van der Waals surface area contributed by atoms with Gasteiger partial charge in [-0.05, 0) is 18.8 Å². The summed E-state index contributed by atoms with van der Waals surface area (Å²) in [6.07, 6.45) is 1.03. The number of urea groups is 1. The van der Waals surface area contributed by atoms with Crippen LogP contribution in [0, 0.1) is 11.8 Å². The molecule has 0 radical (unpaired) electrons. The largest absolute Gasteiger partial charge is 0.481 e. The maximum Gasteiger partial charge on any atom is 0.317 e. The molecule has 1 unspecified atom stereocenters. The number of piperidine rings is 1. The van der Waals surface area contributed by atoms with Crippen LogP contribution >= 0.6 is 0 Å². The fraction of sp³-hybridized carbons (Fsp3) is 0.769. The molecule has 1 fully saturated rings. The number of likely N-dealkylation sites (tertiary alicyclic amines) is 1. The lowest BCUT2D eigenvalue weighted by Gasteiger charge is -2.32. The van der Waals surface area contributed by atoms with Crippen molar-refractivity contribution < 1.29 is 19.5 Å². The summed E-state index contributed by atoms with van der Waals surface area (Å²) in [4.78, 5) is 35.5. The number of nitrogens with one attached hydrogen (secondary N) is 1. The number of rotatable bonds is 5. The minimum Gasteiger partial charge on any atom is -0.481 e. The average Bonchev–Trinajstić information content (AvgIpc) is 2.37. The van der Waals surface area contributed by atoms with Gasteiger partial charge in [-0.1, -0.05) is 13.8 Å². The zero-order valence-corrected chi connectivity index (χ0v) is 12.0. The Hall–Kier alpha value is -1.79. The van der Waals surface area contributed by atoms with Gasteiger partial charge in [0.15, 0.2) is 0 Å². The Morgan fingerprint density at radius 1 is 1.30 bits per heavy atom. The number of hydrogen-bond acceptors (Lipinski definition) is 3. The molecular formula is C13H23N3O4. The van der Waals surface area contributed by atoms with E-state index >= 15 is 0 Å². The SMILES string of the molecule is CC(C)C(CC(=O)O)NC(=O)N1CCC(C(N)=O)CC1. The summed E-state index contributed by atoms with van der Waals surface area (Å²) in [6, 6.07) is -0.665. The third-order valence-corrected chi connectivity index (χ3v) is 3.69. The van der Waals surface area contributed by atoms with E-state index < -0.39 is 12.0 Å². The quantitative estimate of drug-likeness (QED) is 0.678. The Morgan fingerprint density at radius 2 is 1.85 bits per heavy atom. The highest BCUT2D eigenvalue weighted by molar-refractivity contribution is 5.78. The fourth-order valence-corrected chi connectivity index (χ4v) is 2.26. The van der Waals surface area contributed by atoms with Crippen LogP contribution in [-0.4, -0.2) is 47.0 Å². The average molecular weight is 285 g/mol. The van der Waals surface area contributed by atoms with E-state index in [0.717, 1.165) is 0 Å². The normalized spacial score (nSPS) is 17.9.